The molecule has 0 unspecified atom stereocenters. The standard InChI is InChI=1S/C12H21NO6S/c1-3-18-12(15)9-11(14)13(19-20(2,16)17)10-7-5-4-6-8-10/h10H,3-9H2,1-2H3. The number of carbonyl (C=O) groups is 2. The summed E-state index contributed by atoms with van der Waals surface area (Å²) in [4.78, 5) is 23.4. The highest BCUT2D eigenvalue weighted by molar-refractivity contribution is 7.85. The van der Waals surface area contributed by atoms with Crippen molar-refractivity contribution < 1.29 is 27.0 Å². The topological polar surface area (TPSA) is 90.0 Å². The van der Waals surface area contributed by atoms with Gasteiger partial charge >= 0.3 is 5.97 Å². The molecule has 0 aliphatic heterocycles. The van der Waals surface area contributed by atoms with Crippen molar-refractivity contribution in [3.63, 3.8) is 0 Å². The number of hydroxylamine groups is 2. The van der Waals surface area contributed by atoms with Crippen LogP contribution in [-0.4, -0.2) is 44.3 Å². The minimum absolute atomic E-state index is 0.169. The molecule has 1 aliphatic carbocycles. The van der Waals surface area contributed by atoms with Gasteiger partial charge in [0.2, 0.25) is 0 Å². The Kier molecular flexibility index (Phi) is 6.41. The summed E-state index contributed by atoms with van der Waals surface area (Å²) in [5.41, 5.74) is 0. The van der Waals surface area contributed by atoms with E-state index < -0.39 is 28.4 Å². The summed E-state index contributed by atoms with van der Waals surface area (Å²) in [5.74, 6) is -1.36. The van der Waals surface area contributed by atoms with Crippen LogP contribution < -0.4 is 0 Å². The fraction of sp³-hybridized carbons (Fsp3) is 0.833. The van der Waals surface area contributed by atoms with Crippen molar-refractivity contribution >= 4 is 22.0 Å². The van der Waals surface area contributed by atoms with Gasteiger partial charge in [0.25, 0.3) is 16.0 Å². The molecule has 0 radical (unpaired) electrons. The van der Waals surface area contributed by atoms with Crippen molar-refractivity contribution in [3.8, 4) is 0 Å². The van der Waals surface area contributed by atoms with E-state index in [4.69, 9.17) is 4.28 Å². The highest BCUT2D eigenvalue weighted by Gasteiger charge is 2.30. The highest BCUT2D eigenvalue weighted by Crippen LogP contribution is 2.24. The van der Waals surface area contributed by atoms with Gasteiger partial charge in [-0.05, 0) is 19.8 Å². The molecule has 116 valence electrons. The van der Waals surface area contributed by atoms with E-state index in [-0.39, 0.29) is 12.6 Å². The van der Waals surface area contributed by atoms with Gasteiger partial charge in [0, 0.05) is 0 Å². The molecule has 20 heavy (non-hydrogen) atoms. The van der Waals surface area contributed by atoms with Crippen molar-refractivity contribution in [2.24, 2.45) is 0 Å². The van der Waals surface area contributed by atoms with E-state index in [9.17, 15) is 18.0 Å². The second-order valence-corrected chi connectivity index (χ2v) is 6.33. The molecule has 1 rings (SSSR count). The van der Waals surface area contributed by atoms with Crippen LogP contribution in [0.1, 0.15) is 45.4 Å². The zero-order valence-corrected chi connectivity index (χ0v) is 12.6. The Labute approximate surface area is 119 Å². The number of hydrogen-bond donors (Lipinski definition) is 0. The van der Waals surface area contributed by atoms with Gasteiger partial charge in [-0.15, -0.1) is 4.28 Å². The van der Waals surface area contributed by atoms with Gasteiger partial charge in [-0.2, -0.15) is 8.42 Å². The molecule has 0 heterocycles. The molecule has 0 saturated heterocycles. The monoisotopic (exact) mass is 307 g/mol. The zero-order valence-electron chi connectivity index (χ0n) is 11.8. The second kappa shape index (κ2) is 7.58. The lowest BCUT2D eigenvalue weighted by Gasteiger charge is -2.31. The fourth-order valence-electron chi connectivity index (χ4n) is 2.18. The average Bonchev–Trinajstić information content (AvgIpc) is 2.36. The van der Waals surface area contributed by atoms with Crippen molar-refractivity contribution in [1.82, 2.24) is 5.06 Å². The molecule has 0 bridgehead atoms. The summed E-state index contributed by atoms with van der Waals surface area (Å²) in [5, 5.41) is 0.839. The molecule has 0 aromatic heterocycles. The lowest BCUT2D eigenvalue weighted by Crippen LogP contribution is -2.43. The predicted octanol–water partition coefficient (Wildman–Crippen LogP) is 0.992. The normalized spacial score (nSPS) is 16.7. The summed E-state index contributed by atoms with van der Waals surface area (Å²) >= 11 is 0. The van der Waals surface area contributed by atoms with Crippen molar-refractivity contribution in [3.05, 3.63) is 0 Å². The van der Waals surface area contributed by atoms with E-state index in [2.05, 4.69) is 4.74 Å². The van der Waals surface area contributed by atoms with Crippen LogP contribution >= 0.6 is 0 Å². The first-order chi connectivity index (χ1) is 9.33. The van der Waals surface area contributed by atoms with E-state index in [0.717, 1.165) is 30.6 Å². The van der Waals surface area contributed by atoms with Crippen LogP contribution in [0.4, 0.5) is 0 Å². The van der Waals surface area contributed by atoms with E-state index in [1.807, 2.05) is 0 Å². The minimum atomic E-state index is -3.81. The molecule has 1 amide bonds. The van der Waals surface area contributed by atoms with Crippen LogP contribution in [0.25, 0.3) is 0 Å². The fourth-order valence-corrected chi connectivity index (χ4v) is 2.68. The Balaban J connectivity index is 2.75. The van der Waals surface area contributed by atoms with Crippen LogP contribution in [0.5, 0.6) is 0 Å². The van der Waals surface area contributed by atoms with Crippen LogP contribution in [0, 0.1) is 0 Å². The molecule has 0 N–H and O–H groups in total. The summed E-state index contributed by atoms with van der Waals surface area (Å²) in [6.07, 6.45) is 4.56. The number of amides is 1. The number of hydrogen-bond acceptors (Lipinski definition) is 6. The molecule has 1 fully saturated rings. The highest BCUT2D eigenvalue weighted by atomic mass is 32.2. The van der Waals surface area contributed by atoms with Gasteiger partial charge in [0.1, 0.15) is 6.42 Å². The van der Waals surface area contributed by atoms with Crippen LogP contribution in [0.2, 0.25) is 0 Å². The summed E-state index contributed by atoms with van der Waals surface area (Å²) in [7, 11) is -3.81. The van der Waals surface area contributed by atoms with Gasteiger partial charge < -0.3 is 4.74 Å². The first-order valence-corrected chi connectivity index (χ1v) is 8.52. The van der Waals surface area contributed by atoms with Crippen LogP contribution in [-0.2, 0) is 28.7 Å². The molecule has 0 spiro atoms. The number of ether oxygens (including phenoxy) is 1. The Hall–Kier alpha value is -1.15. The van der Waals surface area contributed by atoms with E-state index in [0.29, 0.717) is 12.8 Å². The van der Waals surface area contributed by atoms with Gasteiger partial charge in [-0.25, -0.2) is 5.06 Å². The maximum Gasteiger partial charge on any atom is 0.315 e. The van der Waals surface area contributed by atoms with E-state index >= 15 is 0 Å². The molecule has 7 nitrogen and oxygen atoms in total. The Morgan fingerprint density at radius 1 is 1.20 bits per heavy atom. The number of esters is 1. The smallest absolute Gasteiger partial charge is 0.315 e. The molecule has 1 aliphatic rings. The molecule has 1 saturated carbocycles. The van der Waals surface area contributed by atoms with Crippen molar-refractivity contribution in [2.75, 3.05) is 12.9 Å². The molecule has 8 heteroatoms. The SMILES string of the molecule is CCOC(=O)CC(=O)N(OS(C)(=O)=O)C1CCCCC1. The first kappa shape index (κ1) is 16.9. The van der Waals surface area contributed by atoms with Gasteiger partial charge in [0.15, 0.2) is 0 Å². The Morgan fingerprint density at radius 2 is 1.80 bits per heavy atom. The maximum absolute atomic E-state index is 12.0. The third-order valence-corrected chi connectivity index (χ3v) is 3.40. The van der Waals surface area contributed by atoms with Crippen molar-refractivity contribution in [2.45, 2.75) is 51.5 Å². The van der Waals surface area contributed by atoms with Gasteiger partial charge in [-0.1, -0.05) is 19.3 Å². The second-order valence-electron chi connectivity index (χ2n) is 4.77. The third kappa shape index (κ3) is 5.87. The number of rotatable bonds is 6. The molecule has 0 atom stereocenters. The number of nitrogens with zero attached hydrogens (tertiary/aromatic N) is 1. The summed E-state index contributed by atoms with van der Waals surface area (Å²) in [6.45, 7) is 1.80. The zero-order chi connectivity index (χ0) is 15.2. The summed E-state index contributed by atoms with van der Waals surface area (Å²) in [6, 6.07) is -0.305. The van der Waals surface area contributed by atoms with E-state index in [1.54, 1.807) is 6.92 Å². The third-order valence-electron chi connectivity index (χ3n) is 2.97. The molecule has 0 aromatic rings. The summed E-state index contributed by atoms with van der Waals surface area (Å²) < 4.78 is 32.0. The lowest BCUT2D eigenvalue weighted by molar-refractivity contribution is -0.171. The minimum Gasteiger partial charge on any atom is -0.466 e. The predicted molar refractivity (Wildman–Crippen MR) is 70.9 cm³/mol. The van der Waals surface area contributed by atoms with Crippen LogP contribution in [0.3, 0.4) is 0 Å². The largest absolute Gasteiger partial charge is 0.466 e. The quantitative estimate of drug-likeness (QED) is 0.413. The average molecular weight is 307 g/mol. The van der Waals surface area contributed by atoms with Crippen molar-refractivity contribution in [1.29, 1.82) is 0 Å². The molecular formula is C12H21NO6S. The number of carbonyl (C=O) groups excluding carboxylic acids is 2. The first-order valence-electron chi connectivity index (χ1n) is 6.70. The molecule has 0 aromatic carbocycles. The molecular weight excluding hydrogens is 286 g/mol. The maximum atomic E-state index is 12.0. The lowest BCUT2D eigenvalue weighted by atomic mass is 9.95. The van der Waals surface area contributed by atoms with Gasteiger partial charge in [0.05, 0.1) is 18.9 Å². The Bertz CT molecular complexity index is 441. The Morgan fingerprint density at radius 3 is 2.30 bits per heavy atom. The van der Waals surface area contributed by atoms with Crippen LogP contribution in [0.15, 0.2) is 0 Å². The van der Waals surface area contributed by atoms with Gasteiger partial charge in [-0.3, -0.25) is 9.59 Å². The van der Waals surface area contributed by atoms with E-state index in [1.165, 1.54) is 0 Å².